The van der Waals surface area contributed by atoms with Crippen LogP contribution in [0.3, 0.4) is 0 Å². The summed E-state index contributed by atoms with van der Waals surface area (Å²) in [5.41, 5.74) is 2.60. The number of carbonyl (C=O) groups excluding carboxylic acids is 3. The first-order valence-corrected chi connectivity index (χ1v) is 8.79. The lowest BCUT2D eigenvalue weighted by Gasteiger charge is -2.20. The summed E-state index contributed by atoms with van der Waals surface area (Å²) in [6, 6.07) is 24.8. The number of hydrogen-bond donors (Lipinski definition) is 1. The summed E-state index contributed by atoms with van der Waals surface area (Å²) >= 11 is 0. The molecule has 1 amide bonds. The molecule has 3 rings (SSSR count). The predicted molar refractivity (Wildman–Crippen MR) is 105 cm³/mol. The molecule has 3 aromatic carbocycles. The number of carbonyl (C=O) groups is 3. The van der Waals surface area contributed by atoms with Crippen molar-refractivity contribution in [3.63, 3.8) is 0 Å². The molecule has 0 saturated heterocycles. The van der Waals surface area contributed by atoms with Gasteiger partial charge in [0.15, 0.2) is 6.61 Å². The van der Waals surface area contributed by atoms with Gasteiger partial charge in [-0.15, -0.1) is 0 Å². The molecule has 3 aromatic rings. The fourth-order valence-corrected chi connectivity index (χ4v) is 2.76. The van der Waals surface area contributed by atoms with Gasteiger partial charge in [0.05, 0.1) is 11.6 Å². The molecule has 0 heterocycles. The second kappa shape index (κ2) is 9.28. The van der Waals surface area contributed by atoms with Gasteiger partial charge in [0.2, 0.25) is 0 Å². The summed E-state index contributed by atoms with van der Waals surface area (Å²) in [4.78, 5) is 35.2. The van der Waals surface area contributed by atoms with E-state index in [2.05, 4.69) is 5.32 Å². The average molecular weight is 373 g/mol. The van der Waals surface area contributed by atoms with Gasteiger partial charge in [-0.1, -0.05) is 72.8 Å². The molecular formula is C23H19NO4. The van der Waals surface area contributed by atoms with E-state index in [-0.39, 0.29) is 11.6 Å². The van der Waals surface area contributed by atoms with Crippen molar-refractivity contribution in [1.82, 2.24) is 5.32 Å². The minimum absolute atomic E-state index is 0.279. The molecule has 0 radical (unpaired) electrons. The van der Waals surface area contributed by atoms with Crippen LogP contribution in [0.4, 0.5) is 0 Å². The zero-order valence-electron chi connectivity index (χ0n) is 15.1. The Morgan fingerprint density at radius 3 is 1.86 bits per heavy atom. The fourth-order valence-electron chi connectivity index (χ4n) is 2.76. The molecule has 0 fully saturated rings. The van der Waals surface area contributed by atoms with Gasteiger partial charge in [0.25, 0.3) is 5.91 Å². The van der Waals surface area contributed by atoms with Crippen molar-refractivity contribution >= 4 is 18.2 Å². The monoisotopic (exact) mass is 373 g/mol. The van der Waals surface area contributed by atoms with Crippen LogP contribution in [-0.4, -0.2) is 24.8 Å². The van der Waals surface area contributed by atoms with Gasteiger partial charge >= 0.3 is 5.97 Å². The van der Waals surface area contributed by atoms with E-state index >= 15 is 0 Å². The lowest BCUT2D eigenvalue weighted by molar-refractivity contribution is -0.124. The van der Waals surface area contributed by atoms with Crippen LogP contribution in [0.25, 0.3) is 0 Å². The maximum atomic E-state index is 12.4. The van der Waals surface area contributed by atoms with Gasteiger partial charge in [-0.2, -0.15) is 0 Å². The number of esters is 1. The number of aldehydes is 1. The van der Waals surface area contributed by atoms with E-state index in [0.29, 0.717) is 11.8 Å². The van der Waals surface area contributed by atoms with Gasteiger partial charge in [-0.05, 0) is 23.3 Å². The number of hydrogen-bond acceptors (Lipinski definition) is 4. The van der Waals surface area contributed by atoms with E-state index in [9.17, 15) is 14.4 Å². The van der Waals surface area contributed by atoms with Crippen LogP contribution in [0.15, 0.2) is 84.9 Å². The predicted octanol–water partition coefficient (Wildman–Crippen LogP) is 3.56. The second-order valence-corrected chi connectivity index (χ2v) is 6.14. The van der Waals surface area contributed by atoms with Crippen LogP contribution in [-0.2, 0) is 9.53 Å². The third kappa shape index (κ3) is 4.92. The highest BCUT2D eigenvalue weighted by molar-refractivity contribution is 5.92. The van der Waals surface area contributed by atoms with Crippen LogP contribution >= 0.6 is 0 Å². The molecular weight excluding hydrogens is 354 g/mol. The number of rotatable bonds is 7. The quantitative estimate of drug-likeness (QED) is 0.508. The highest BCUT2D eigenvalue weighted by atomic mass is 16.5. The van der Waals surface area contributed by atoms with Gasteiger partial charge in [-0.3, -0.25) is 9.59 Å². The molecule has 0 saturated carbocycles. The normalized spacial score (nSPS) is 10.3. The molecule has 0 aliphatic heterocycles. The molecule has 140 valence electrons. The van der Waals surface area contributed by atoms with Gasteiger partial charge < -0.3 is 10.1 Å². The summed E-state index contributed by atoms with van der Waals surface area (Å²) in [7, 11) is 0. The Bertz CT molecular complexity index is 898. The van der Waals surface area contributed by atoms with E-state index < -0.39 is 18.5 Å². The van der Waals surface area contributed by atoms with Gasteiger partial charge in [0, 0.05) is 5.56 Å². The SMILES string of the molecule is O=Cc1ccc(C(=O)OCC(=O)NC(c2ccccc2)c2ccccc2)cc1. The average Bonchev–Trinajstić information content (AvgIpc) is 2.77. The zero-order chi connectivity index (χ0) is 19.8. The van der Waals surface area contributed by atoms with E-state index in [0.717, 1.165) is 11.1 Å². The van der Waals surface area contributed by atoms with E-state index in [1.807, 2.05) is 60.7 Å². The Balaban J connectivity index is 1.65. The Hall–Kier alpha value is -3.73. The molecule has 0 bridgehead atoms. The van der Waals surface area contributed by atoms with Gasteiger partial charge in [0.1, 0.15) is 6.29 Å². The Kier molecular flexibility index (Phi) is 6.31. The molecule has 0 atom stereocenters. The van der Waals surface area contributed by atoms with Crippen LogP contribution < -0.4 is 5.32 Å². The minimum Gasteiger partial charge on any atom is -0.452 e. The smallest absolute Gasteiger partial charge is 0.338 e. The van der Waals surface area contributed by atoms with Crippen molar-refractivity contribution in [2.24, 2.45) is 0 Å². The fraction of sp³-hybridized carbons (Fsp3) is 0.0870. The molecule has 0 spiro atoms. The summed E-state index contributed by atoms with van der Waals surface area (Å²) in [5, 5.41) is 2.91. The molecule has 0 aliphatic rings. The number of nitrogens with one attached hydrogen (secondary N) is 1. The lowest BCUT2D eigenvalue weighted by Crippen LogP contribution is -2.33. The van der Waals surface area contributed by atoms with Gasteiger partial charge in [-0.25, -0.2) is 4.79 Å². The standard InChI is InChI=1S/C23H19NO4/c25-15-17-11-13-20(14-12-17)23(27)28-16-21(26)24-22(18-7-3-1-4-8-18)19-9-5-2-6-10-19/h1-15,22H,16H2,(H,24,26). The zero-order valence-corrected chi connectivity index (χ0v) is 15.1. The summed E-state index contributed by atoms with van der Waals surface area (Å²) in [6.45, 7) is -0.398. The highest BCUT2D eigenvalue weighted by Gasteiger charge is 2.18. The first kappa shape index (κ1) is 19.0. The molecule has 0 aliphatic carbocycles. The minimum atomic E-state index is -0.622. The second-order valence-electron chi connectivity index (χ2n) is 6.14. The Morgan fingerprint density at radius 2 is 1.36 bits per heavy atom. The van der Waals surface area contributed by atoms with Crippen LogP contribution in [0.5, 0.6) is 0 Å². The van der Waals surface area contributed by atoms with Crippen molar-refractivity contribution in [1.29, 1.82) is 0 Å². The largest absolute Gasteiger partial charge is 0.452 e. The van der Waals surface area contributed by atoms with E-state index in [4.69, 9.17) is 4.74 Å². The summed E-state index contributed by atoms with van der Waals surface area (Å²) < 4.78 is 5.10. The maximum absolute atomic E-state index is 12.4. The molecule has 5 heteroatoms. The topological polar surface area (TPSA) is 72.5 Å². The van der Waals surface area contributed by atoms with E-state index in [1.165, 1.54) is 24.3 Å². The molecule has 28 heavy (non-hydrogen) atoms. The van der Waals surface area contributed by atoms with Crippen LogP contribution in [0, 0.1) is 0 Å². The first-order valence-electron chi connectivity index (χ1n) is 8.79. The van der Waals surface area contributed by atoms with Crippen molar-refractivity contribution < 1.29 is 19.1 Å². The van der Waals surface area contributed by atoms with E-state index in [1.54, 1.807) is 0 Å². The third-order valence-electron chi connectivity index (χ3n) is 4.19. The molecule has 5 nitrogen and oxygen atoms in total. The Morgan fingerprint density at radius 1 is 0.821 bits per heavy atom. The first-order chi connectivity index (χ1) is 13.7. The Labute approximate surface area is 163 Å². The molecule has 0 unspecified atom stereocenters. The van der Waals surface area contributed by atoms with Crippen molar-refractivity contribution in [2.75, 3.05) is 6.61 Å². The number of amides is 1. The molecule has 0 aromatic heterocycles. The van der Waals surface area contributed by atoms with Crippen LogP contribution in [0.1, 0.15) is 37.9 Å². The lowest BCUT2D eigenvalue weighted by atomic mass is 9.99. The number of benzene rings is 3. The van der Waals surface area contributed by atoms with Crippen molar-refractivity contribution in [3.05, 3.63) is 107 Å². The van der Waals surface area contributed by atoms with Crippen molar-refractivity contribution in [3.8, 4) is 0 Å². The highest BCUT2D eigenvalue weighted by Crippen LogP contribution is 2.21. The summed E-state index contributed by atoms with van der Waals surface area (Å²) in [5.74, 6) is -1.03. The summed E-state index contributed by atoms with van der Waals surface area (Å²) in [6.07, 6.45) is 0.690. The van der Waals surface area contributed by atoms with Crippen LogP contribution in [0.2, 0.25) is 0 Å². The maximum Gasteiger partial charge on any atom is 0.338 e. The molecule has 1 N–H and O–H groups in total. The van der Waals surface area contributed by atoms with Crippen molar-refractivity contribution in [2.45, 2.75) is 6.04 Å². The third-order valence-corrected chi connectivity index (χ3v) is 4.19. The number of ether oxygens (including phenoxy) is 1.